The normalized spacial score (nSPS) is 10.6. The lowest BCUT2D eigenvalue weighted by molar-refractivity contribution is 0.603. The number of hydrogen-bond donors (Lipinski definition) is 1. The van der Waals surface area contributed by atoms with Crippen LogP contribution in [0.25, 0.3) is 11.3 Å². The minimum Gasteiger partial charge on any atom is -0.383 e. The van der Waals surface area contributed by atoms with Gasteiger partial charge in [0, 0.05) is 23.9 Å². The first-order valence-electron chi connectivity index (χ1n) is 5.32. The van der Waals surface area contributed by atoms with Gasteiger partial charge in [-0.25, -0.2) is 9.97 Å². The molecule has 0 aliphatic heterocycles. The van der Waals surface area contributed by atoms with Crippen molar-refractivity contribution in [1.29, 1.82) is 0 Å². The third-order valence-corrected chi connectivity index (χ3v) is 2.48. The van der Waals surface area contributed by atoms with Crippen molar-refractivity contribution >= 4 is 5.82 Å². The van der Waals surface area contributed by atoms with Crippen molar-refractivity contribution in [3.05, 3.63) is 24.3 Å². The second-order valence-electron chi connectivity index (χ2n) is 3.72. The molecule has 2 N–H and O–H groups in total. The number of nitrogen functional groups attached to an aromatic ring is 1. The number of nitrogens with two attached hydrogens (primary N) is 1. The summed E-state index contributed by atoms with van der Waals surface area (Å²) in [6, 6.07) is 0. The number of nitrogens with zero attached hydrogens (tertiary/aromatic N) is 4. The molecule has 2 aromatic rings. The lowest BCUT2D eigenvalue weighted by Gasteiger charge is -2.03. The molecule has 16 heavy (non-hydrogen) atoms. The predicted octanol–water partition coefficient (Wildman–Crippen LogP) is 1.64. The maximum absolute atomic E-state index is 5.75. The molecule has 0 radical (unpaired) electrons. The molecule has 0 aliphatic carbocycles. The molecular formula is C11H15N5. The van der Waals surface area contributed by atoms with Crippen LogP contribution in [0, 0.1) is 6.92 Å². The fraction of sp³-hybridized carbons (Fsp3) is 0.364. The first-order chi connectivity index (χ1) is 7.72. The van der Waals surface area contributed by atoms with Gasteiger partial charge in [-0.1, -0.05) is 6.92 Å². The maximum Gasteiger partial charge on any atom is 0.130 e. The fourth-order valence-electron chi connectivity index (χ4n) is 1.59. The van der Waals surface area contributed by atoms with Gasteiger partial charge < -0.3 is 5.73 Å². The molecule has 0 unspecified atom stereocenters. The van der Waals surface area contributed by atoms with Gasteiger partial charge in [-0.2, -0.15) is 5.10 Å². The zero-order valence-electron chi connectivity index (χ0n) is 9.51. The highest BCUT2D eigenvalue weighted by atomic mass is 15.3. The molecule has 0 atom stereocenters. The standard InChI is InChI=1S/C11H15N5/c1-3-4-16-6-9(5-15-16)10-8(2)11(12)14-7-13-10/h5-7H,3-4H2,1-2H3,(H2,12,13,14). The van der Waals surface area contributed by atoms with E-state index >= 15 is 0 Å². The van der Waals surface area contributed by atoms with Gasteiger partial charge in [-0.05, 0) is 13.3 Å². The fourth-order valence-corrected chi connectivity index (χ4v) is 1.59. The van der Waals surface area contributed by atoms with Crippen molar-refractivity contribution in [2.24, 2.45) is 0 Å². The van der Waals surface area contributed by atoms with Crippen molar-refractivity contribution < 1.29 is 0 Å². The largest absolute Gasteiger partial charge is 0.383 e. The Balaban J connectivity index is 2.39. The SMILES string of the molecule is CCCn1cc(-c2ncnc(N)c2C)cn1. The van der Waals surface area contributed by atoms with Gasteiger partial charge in [0.25, 0.3) is 0 Å². The molecule has 0 aromatic carbocycles. The summed E-state index contributed by atoms with van der Waals surface area (Å²) in [5, 5.41) is 4.27. The predicted molar refractivity (Wildman–Crippen MR) is 62.7 cm³/mol. The number of aromatic nitrogens is 4. The van der Waals surface area contributed by atoms with Crippen molar-refractivity contribution in [1.82, 2.24) is 19.7 Å². The molecule has 0 spiro atoms. The van der Waals surface area contributed by atoms with Gasteiger partial charge in [-0.3, -0.25) is 4.68 Å². The average Bonchev–Trinajstić information content (AvgIpc) is 2.71. The van der Waals surface area contributed by atoms with E-state index in [0.29, 0.717) is 5.82 Å². The Kier molecular flexibility index (Phi) is 2.85. The molecule has 2 rings (SSSR count). The molecule has 0 amide bonds. The maximum atomic E-state index is 5.75. The second kappa shape index (κ2) is 4.30. The quantitative estimate of drug-likeness (QED) is 0.848. The first-order valence-corrected chi connectivity index (χ1v) is 5.32. The van der Waals surface area contributed by atoms with Crippen LogP contribution in [0.5, 0.6) is 0 Å². The summed E-state index contributed by atoms with van der Waals surface area (Å²) < 4.78 is 1.91. The van der Waals surface area contributed by atoms with E-state index in [-0.39, 0.29) is 0 Å². The van der Waals surface area contributed by atoms with E-state index in [0.717, 1.165) is 29.8 Å². The summed E-state index contributed by atoms with van der Waals surface area (Å²) in [5.74, 6) is 0.522. The Morgan fingerprint density at radius 1 is 1.38 bits per heavy atom. The van der Waals surface area contributed by atoms with Crippen LogP contribution in [0.1, 0.15) is 18.9 Å². The van der Waals surface area contributed by atoms with E-state index in [4.69, 9.17) is 5.73 Å². The van der Waals surface area contributed by atoms with Crippen molar-refractivity contribution in [3.63, 3.8) is 0 Å². The van der Waals surface area contributed by atoms with Gasteiger partial charge in [0.15, 0.2) is 0 Å². The van der Waals surface area contributed by atoms with Gasteiger partial charge >= 0.3 is 0 Å². The molecule has 0 fully saturated rings. The van der Waals surface area contributed by atoms with E-state index in [2.05, 4.69) is 22.0 Å². The number of anilines is 1. The monoisotopic (exact) mass is 217 g/mol. The van der Waals surface area contributed by atoms with Gasteiger partial charge in [0.2, 0.25) is 0 Å². The highest BCUT2D eigenvalue weighted by Crippen LogP contribution is 2.22. The van der Waals surface area contributed by atoms with Crippen molar-refractivity contribution in [2.45, 2.75) is 26.8 Å². The summed E-state index contributed by atoms with van der Waals surface area (Å²) in [7, 11) is 0. The Labute approximate surface area is 94.3 Å². The summed E-state index contributed by atoms with van der Waals surface area (Å²) in [6.45, 7) is 4.96. The van der Waals surface area contributed by atoms with Gasteiger partial charge in [-0.15, -0.1) is 0 Å². The van der Waals surface area contributed by atoms with Crippen LogP contribution < -0.4 is 5.73 Å². The van der Waals surface area contributed by atoms with Crippen LogP contribution in [0.4, 0.5) is 5.82 Å². The Bertz CT molecular complexity index is 489. The van der Waals surface area contributed by atoms with Crippen LogP contribution in [-0.4, -0.2) is 19.7 Å². The topological polar surface area (TPSA) is 69.6 Å². The molecular weight excluding hydrogens is 202 g/mol. The minimum absolute atomic E-state index is 0.522. The molecule has 84 valence electrons. The zero-order valence-corrected chi connectivity index (χ0v) is 9.51. The molecule has 0 saturated heterocycles. The van der Waals surface area contributed by atoms with Crippen molar-refractivity contribution in [3.8, 4) is 11.3 Å². The number of rotatable bonds is 3. The molecule has 5 nitrogen and oxygen atoms in total. The summed E-state index contributed by atoms with van der Waals surface area (Å²) >= 11 is 0. The van der Waals surface area contributed by atoms with Crippen LogP contribution in [-0.2, 0) is 6.54 Å². The van der Waals surface area contributed by atoms with Gasteiger partial charge in [0.1, 0.15) is 12.1 Å². The van der Waals surface area contributed by atoms with Crippen molar-refractivity contribution in [2.75, 3.05) is 5.73 Å². The third-order valence-electron chi connectivity index (χ3n) is 2.48. The highest BCUT2D eigenvalue weighted by molar-refractivity contribution is 5.65. The molecule has 0 aliphatic rings. The first kappa shape index (κ1) is 10.6. The Morgan fingerprint density at radius 3 is 2.94 bits per heavy atom. The number of hydrogen-bond acceptors (Lipinski definition) is 4. The third kappa shape index (κ3) is 1.88. The molecule has 0 bridgehead atoms. The average molecular weight is 217 g/mol. The summed E-state index contributed by atoms with van der Waals surface area (Å²) in [4.78, 5) is 8.19. The number of aryl methyl sites for hydroxylation is 1. The van der Waals surface area contributed by atoms with E-state index in [9.17, 15) is 0 Å². The highest BCUT2D eigenvalue weighted by Gasteiger charge is 2.08. The second-order valence-corrected chi connectivity index (χ2v) is 3.72. The van der Waals surface area contributed by atoms with Crippen LogP contribution in [0.15, 0.2) is 18.7 Å². The molecule has 0 saturated carbocycles. The lowest BCUT2D eigenvalue weighted by atomic mass is 10.1. The molecule has 5 heteroatoms. The lowest BCUT2D eigenvalue weighted by Crippen LogP contribution is -1.98. The molecule has 2 heterocycles. The summed E-state index contributed by atoms with van der Waals surface area (Å²) in [6.07, 6.45) is 6.34. The van der Waals surface area contributed by atoms with E-state index in [1.165, 1.54) is 6.33 Å². The summed E-state index contributed by atoms with van der Waals surface area (Å²) in [5.41, 5.74) is 8.49. The van der Waals surface area contributed by atoms with Crippen LogP contribution in [0.2, 0.25) is 0 Å². The Hall–Kier alpha value is -1.91. The van der Waals surface area contributed by atoms with E-state index < -0.39 is 0 Å². The Morgan fingerprint density at radius 2 is 2.19 bits per heavy atom. The van der Waals surface area contributed by atoms with Crippen LogP contribution >= 0.6 is 0 Å². The van der Waals surface area contributed by atoms with Crippen LogP contribution in [0.3, 0.4) is 0 Å². The zero-order chi connectivity index (χ0) is 11.5. The van der Waals surface area contributed by atoms with E-state index in [1.54, 1.807) is 0 Å². The van der Waals surface area contributed by atoms with E-state index in [1.807, 2.05) is 24.0 Å². The minimum atomic E-state index is 0.522. The molecule has 2 aromatic heterocycles. The smallest absolute Gasteiger partial charge is 0.130 e. The van der Waals surface area contributed by atoms with Gasteiger partial charge in [0.05, 0.1) is 11.9 Å².